The number of piperidine rings is 1. The first kappa shape index (κ1) is 16.0. The predicted octanol–water partition coefficient (Wildman–Crippen LogP) is 4.57. The molecular formula is C15H33N. The van der Waals surface area contributed by atoms with Gasteiger partial charge in [0.2, 0.25) is 0 Å². The number of likely N-dealkylation sites (tertiary alicyclic amines) is 1. The van der Waals surface area contributed by atoms with Crippen molar-refractivity contribution in [3.8, 4) is 0 Å². The van der Waals surface area contributed by atoms with Crippen molar-refractivity contribution in [1.29, 1.82) is 0 Å². The van der Waals surface area contributed by atoms with Crippen LogP contribution in [0.4, 0.5) is 0 Å². The first-order chi connectivity index (χ1) is 7.54. The van der Waals surface area contributed by atoms with Gasteiger partial charge in [-0.3, -0.25) is 0 Å². The van der Waals surface area contributed by atoms with Crippen molar-refractivity contribution in [2.24, 2.45) is 11.3 Å². The highest BCUT2D eigenvalue weighted by atomic mass is 15.1. The number of rotatable bonds is 3. The van der Waals surface area contributed by atoms with Crippen LogP contribution in [0.25, 0.3) is 0 Å². The Morgan fingerprint density at radius 1 is 1.06 bits per heavy atom. The van der Waals surface area contributed by atoms with Gasteiger partial charge in [0.1, 0.15) is 0 Å². The monoisotopic (exact) mass is 227 g/mol. The second-order valence-corrected chi connectivity index (χ2v) is 5.84. The Kier molecular flexibility index (Phi) is 8.09. The summed E-state index contributed by atoms with van der Waals surface area (Å²) in [6.45, 7) is 17.4. The smallest absolute Gasteiger partial charge is 0.00159 e. The van der Waals surface area contributed by atoms with Crippen LogP contribution in [0.3, 0.4) is 0 Å². The molecular weight excluding hydrogens is 194 g/mol. The van der Waals surface area contributed by atoms with Crippen LogP contribution in [0.2, 0.25) is 0 Å². The Hall–Kier alpha value is -0.0400. The summed E-state index contributed by atoms with van der Waals surface area (Å²) in [6, 6.07) is 0. The molecule has 0 aliphatic carbocycles. The molecule has 1 fully saturated rings. The zero-order chi connectivity index (χ0) is 12.6. The zero-order valence-corrected chi connectivity index (χ0v) is 12.5. The third-order valence-electron chi connectivity index (χ3n) is 3.64. The third-order valence-corrected chi connectivity index (χ3v) is 3.64. The summed E-state index contributed by atoms with van der Waals surface area (Å²) >= 11 is 0. The number of hydrogen-bond donors (Lipinski definition) is 0. The van der Waals surface area contributed by atoms with Gasteiger partial charge in [-0.25, -0.2) is 0 Å². The average Bonchev–Trinajstić information content (AvgIpc) is 2.28. The highest BCUT2D eigenvalue weighted by molar-refractivity contribution is 4.80. The van der Waals surface area contributed by atoms with Gasteiger partial charge in [0.15, 0.2) is 0 Å². The summed E-state index contributed by atoms with van der Waals surface area (Å²) in [5.74, 6) is 0.945. The molecule has 0 N–H and O–H groups in total. The molecule has 1 heteroatoms. The number of nitrogens with zero attached hydrogens (tertiary/aromatic N) is 1. The molecule has 16 heavy (non-hydrogen) atoms. The molecule has 1 saturated heterocycles. The van der Waals surface area contributed by atoms with Crippen molar-refractivity contribution in [3.05, 3.63) is 0 Å². The maximum atomic E-state index is 2.64. The van der Waals surface area contributed by atoms with E-state index in [1.54, 1.807) is 0 Å². The van der Waals surface area contributed by atoms with E-state index in [0.717, 1.165) is 5.92 Å². The first-order valence-corrected chi connectivity index (χ1v) is 7.26. The second-order valence-electron chi connectivity index (χ2n) is 5.84. The topological polar surface area (TPSA) is 3.24 Å². The Morgan fingerprint density at radius 3 is 1.94 bits per heavy atom. The summed E-state index contributed by atoms with van der Waals surface area (Å²) in [6.07, 6.45) is 5.53. The van der Waals surface area contributed by atoms with Gasteiger partial charge in [0, 0.05) is 0 Å². The fourth-order valence-electron chi connectivity index (χ4n) is 2.40. The van der Waals surface area contributed by atoms with E-state index >= 15 is 0 Å². The van der Waals surface area contributed by atoms with E-state index in [0.29, 0.717) is 5.41 Å². The fourth-order valence-corrected chi connectivity index (χ4v) is 2.40. The maximum absolute atomic E-state index is 2.64. The van der Waals surface area contributed by atoms with Gasteiger partial charge in [0.05, 0.1) is 0 Å². The van der Waals surface area contributed by atoms with Crippen molar-refractivity contribution in [3.63, 3.8) is 0 Å². The van der Waals surface area contributed by atoms with Crippen molar-refractivity contribution < 1.29 is 0 Å². The molecule has 1 heterocycles. The Bertz CT molecular complexity index is 149. The molecule has 1 aliphatic heterocycles. The molecule has 0 atom stereocenters. The van der Waals surface area contributed by atoms with E-state index < -0.39 is 0 Å². The first-order valence-electron chi connectivity index (χ1n) is 7.26. The van der Waals surface area contributed by atoms with Crippen molar-refractivity contribution in [1.82, 2.24) is 4.90 Å². The molecule has 0 aromatic heterocycles. The molecule has 1 aliphatic rings. The van der Waals surface area contributed by atoms with Crippen LogP contribution in [0, 0.1) is 11.3 Å². The number of hydrogen-bond acceptors (Lipinski definition) is 1. The Labute approximate surface area is 104 Å². The van der Waals surface area contributed by atoms with Gasteiger partial charge in [-0.2, -0.15) is 0 Å². The standard InChI is InChI=1S/C13H27N.C2H6/c1-5-6-9-14-10-7-12(8-11-14)13(2,3)4;1-2/h12H,5-11H2,1-4H3;1-2H3. The molecule has 98 valence electrons. The highest BCUT2D eigenvalue weighted by Gasteiger charge is 2.28. The molecule has 0 radical (unpaired) electrons. The van der Waals surface area contributed by atoms with Crippen molar-refractivity contribution in [2.45, 2.75) is 67.2 Å². The average molecular weight is 227 g/mol. The Morgan fingerprint density at radius 2 is 1.56 bits per heavy atom. The van der Waals surface area contributed by atoms with Crippen LogP contribution in [-0.4, -0.2) is 24.5 Å². The summed E-state index contributed by atoms with van der Waals surface area (Å²) < 4.78 is 0. The van der Waals surface area contributed by atoms with Gasteiger partial charge in [-0.1, -0.05) is 48.0 Å². The molecule has 0 spiro atoms. The van der Waals surface area contributed by atoms with Gasteiger partial charge < -0.3 is 4.90 Å². The fraction of sp³-hybridized carbons (Fsp3) is 1.00. The molecule has 0 bridgehead atoms. The van der Waals surface area contributed by atoms with Crippen LogP contribution in [0.5, 0.6) is 0 Å². The van der Waals surface area contributed by atoms with E-state index in [9.17, 15) is 0 Å². The quantitative estimate of drug-likeness (QED) is 0.682. The molecule has 0 unspecified atom stereocenters. The van der Waals surface area contributed by atoms with Crippen molar-refractivity contribution in [2.75, 3.05) is 19.6 Å². The highest BCUT2D eigenvalue weighted by Crippen LogP contribution is 2.34. The van der Waals surface area contributed by atoms with E-state index in [2.05, 4.69) is 32.6 Å². The van der Waals surface area contributed by atoms with E-state index in [1.165, 1.54) is 45.3 Å². The summed E-state index contributed by atoms with van der Waals surface area (Å²) in [5, 5.41) is 0. The largest absolute Gasteiger partial charge is 0.303 e. The minimum atomic E-state index is 0.525. The number of unbranched alkanes of at least 4 members (excludes halogenated alkanes) is 1. The van der Waals surface area contributed by atoms with E-state index in [4.69, 9.17) is 0 Å². The SMILES string of the molecule is CC.CCCCN1CCC(C(C)(C)C)CC1. The lowest BCUT2D eigenvalue weighted by Gasteiger charge is -2.38. The summed E-state index contributed by atoms with van der Waals surface area (Å²) in [4.78, 5) is 2.64. The lowest BCUT2D eigenvalue weighted by Crippen LogP contribution is -2.38. The summed E-state index contributed by atoms with van der Waals surface area (Å²) in [7, 11) is 0. The molecule has 0 amide bonds. The zero-order valence-electron chi connectivity index (χ0n) is 12.5. The maximum Gasteiger partial charge on any atom is -0.00159 e. The lowest BCUT2D eigenvalue weighted by atomic mass is 9.75. The van der Waals surface area contributed by atoms with E-state index in [-0.39, 0.29) is 0 Å². The van der Waals surface area contributed by atoms with Gasteiger partial charge in [-0.05, 0) is 50.2 Å². The van der Waals surface area contributed by atoms with Crippen LogP contribution in [0.15, 0.2) is 0 Å². The minimum absolute atomic E-state index is 0.525. The van der Waals surface area contributed by atoms with Crippen molar-refractivity contribution >= 4 is 0 Å². The minimum Gasteiger partial charge on any atom is -0.303 e. The molecule has 1 rings (SSSR count). The molecule has 0 aromatic carbocycles. The lowest BCUT2D eigenvalue weighted by molar-refractivity contribution is 0.111. The third kappa shape index (κ3) is 5.89. The van der Waals surface area contributed by atoms with Crippen LogP contribution >= 0.6 is 0 Å². The Balaban J connectivity index is 0.00000106. The molecule has 0 saturated carbocycles. The van der Waals surface area contributed by atoms with Gasteiger partial charge in [0.25, 0.3) is 0 Å². The normalized spacial score (nSPS) is 19.1. The van der Waals surface area contributed by atoms with Crippen LogP contribution in [0.1, 0.15) is 67.2 Å². The van der Waals surface area contributed by atoms with Gasteiger partial charge >= 0.3 is 0 Å². The van der Waals surface area contributed by atoms with Crippen LogP contribution < -0.4 is 0 Å². The molecule has 0 aromatic rings. The van der Waals surface area contributed by atoms with E-state index in [1.807, 2.05) is 13.8 Å². The van der Waals surface area contributed by atoms with Crippen LogP contribution in [-0.2, 0) is 0 Å². The van der Waals surface area contributed by atoms with Gasteiger partial charge in [-0.15, -0.1) is 0 Å². The second kappa shape index (κ2) is 8.11. The summed E-state index contributed by atoms with van der Waals surface area (Å²) in [5.41, 5.74) is 0.525. The molecule has 1 nitrogen and oxygen atoms in total. The predicted molar refractivity (Wildman–Crippen MR) is 74.9 cm³/mol.